The fraction of sp³-hybridized carbons (Fsp3) is 0.300. The molecular formula is C20H23NO2. The minimum Gasteiger partial charge on any atom is -0.398 e. The van der Waals surface area contributed by atoms with E-state index < -0.39 is 11.6 Å². The van der Waals surface area contributed by atoms with E-state index in [9.17, 15) is 9.59 Å². The third-order valence-corrected chi connectivity index (χ3v) is 4.25. The van der Waals surface area contributed by atoms with Gasteiger partial charge in [0.25, 0.3) is 0 Å². The Hall–Kier alpha value is -2.42. The Balaban J connectivity index is 2.57. The molecule has 0 saturated carbocycles. The highest BCUT2D eigenvalue weighted by Crippen LogP contribution is 2.28. The predicted octanol–water partition coefficient (Wildman–Crippen LogP) is 4.02. The monoisotopic (exact) mass is 309 g/mol. The number of hydrogen-bond acceptors (Lipinski definition) is 3. The van der Waals surface area contributed by atoms with E-state index in [1.807, 2.05) is 13.0 Å². The van der Waals surface area contributed by atoms with Gasteiger partial charge in [0.2, 0.25) is 11.6 Å². The molecule has 2 aromatic rings. The van der Waals surface area contributed by atoms with Crippen LogP contribution in [0.25, 0.3) is 0 Å². The summed E-state index contributed by atoms with van der Waals surface area (Å²) in [5.41, 5.74) is 10.8. The zero-order chi connectivity index (χ0) is 17.0. The van der Waals surface area contributed by atoms with Crippen molar-refractivity contribution in [2.45, 2.75) is 40.0 Å². The van der Waals surface area contributed by atoms with Crippen LogP contribution in [0.4, 0.5) is 5.69 Å². The van der Waals surface area contributed by atoms with Gasteiger partial charge in [0.15, 0.2) is 0 Å². The molecule has 0 fully saturated rings. The number of Topliss-reactive ketones (excluding diaryl/α,β-unsaturated/α-hetero) is 2. The number of nitrogen functional groups attached to an aromatic ring is 1. The van der Waals surface area contributed by atoms with Gasteiger partial charge in [-0.3, -0.25) is 9.59 Å². The highest BCUT2D eigenvalue weighted by molar-refractivity contribution is 6.49. The number of ketones is 2. The lowest BCUT2D eigenvalue weighted by Gasteiger charge is -2.18. The van der Waals surface area contributed by atoms with E-state index in [1.54, 1.807) is 30.3 Å². The molecule has 3 nitrogen and oxygen atoms in total. The van der Waals surface area contributed by atoms with Crippen molar-refractivity contribution >= 4 is 17.3 Å². The van der Waals surface area contributed by atoms with Gasteiger partial charge in [-0.15, -0.1) is 0 Å². The van der Waals surface area contributed by atoms with Crippen molar-refractivity contribution in [1.82, 2.24) is 0 Å². The summed E-state index contributed by atoms with van der Waals surface area (Å²) in [6, 6.07) is 10.3. The lowest BCUT2D eigenvalue weighted by molar-refractivity contribution is 0.0816. The topological polar surface area (TPSA) is 60.2 Å². The van der Waals surface area contributed by atoms with E-state index in [1.165, 1.54) is 0 Å². The molecule has 0 amide bonds. The number of carbonyl (C=O) groups is 2. The van der Waals surface area contributed by atoms with Crippen LogP contribution in [0.5, 0.6) is 0 Å². The number of nitrogens with two attached hydrogens (primary N) is 1. The van der Waals surface area contributed by atoms with Gasteiger partial charge in [-0.2, -0.15) is 0 Å². The van der Waals surface area contributed by atoms with Crippen LogP contribution < -0.4 is 5.73 Å². The second-order valence-corrected chi connectivity index (χ2v) is 5.53. The van der Waals surface area contributed by atoms with Crippen LogP contribution in [-0.4, -0.2) is 11.6 Å². The van der Waals surface area contributed by atoms with Gasteiger partial charge in [-0.1, -0.05) is 51.1 Å². The third-order valence-electron chi connectivity index (χ3n) is 4.25. The number of carbonyl (C=O) groups excluding carboxylic acids is 2. The summed E-state index contributed by atoms with van der Waals surface area (Å²) in [5.74, 6) is -0.955. The molecular weight excluding hydrogens is 286 g/mol. The largest absolute Gasteiger partial charge is 0.398 e. The van der Waals surface area contributed by atoms with E-state index >= 15 is 0 Å². The molecule has 0 heterocycles. The maximum absolute atomic E-state index is 12.7. The Bertz CT molecular complexity index is 733. The summed E-state index contributed by atoms with van der Waals surface area (Å²) >= 11 is 0. The normalized spacial score (nSPS) is 10.6. The molecule has 0 saturated heterocycles. The molecule has 23 heavy (non-hydrogen) atoms. The molecule has 0 radical (unpaired) electrons. The SMILES string of the molecule is CCc1c(N)cc(C(=O)C(=O)c2ccccc2)c(CC)c1CC. The highest BCUT2D eigenvalue weighted by atomic mass is 16.2. The number of anilines is 1. The average Bonchev–Trinajstić information content (AvgIpc) is 2.59. The van der Waals surface area contributed by atoms with E-state index in [0.717, 1.165) is 29.5 Å². The average molecular weight is 309 g/mol. The van der Waals surface area contributed by atoms with Crippen molar-refractivity contribution in [3.63, 3.8) is 0 Å². The maximum atomic E-state index is 12.7. The van der Waals surface area contributed by atoms with Gasteiger partial charge in [0, 0.05) is 16.8 Å². The maximum Gasteiger partial charge on any atom is 0.233 e. The standard InChI is InChI=1S/C20H23NO2/c1-4-14-15(5-2)17(12-18(21)16(14)6-3)20(23)19(22)13-10-8-7-9-11-13/h7-12H,4-6,21H2,1-3H3. The molecule has 2 aromatic carbocycles. The fourth-order valence-corrected chi connectivity index (χ4v) is 3.14. The zero-order valence-corrected chi connectivity index (χ0v) is 14.0. The predicted molar refractivity (Wildman–Crippen MR) is 94.1 cm³/mol. The fourth-order valence-electron chi connectivity index (χ4n) is 3.14. The summed E-state index contributed by atoms with van der Waals surface area (Å²) < 4.78 is 0. The van der Waals surface area contributed by atoms with Crippen molar-refractivity contribution in [3.05, 3.63) is 64.2 Å². The van der Waals surface area contributed by atoms with Crippen molar-refractivity contribution in [3.8, 4) is 0 Å². The van der Waals surface area contributed by atoms with Crippen LogP contribution in [0, 0.1) is 0 Å². The smallest absolute Gasteiger partial charge is 0.233 e. The van der Waals surface area contributed by atoms with E-state index in [0.29, 0.717) is 23.2 Å². The molecule has 0 aliphatic heterocycles. The Labute approximate surface area is 137 Å². The molecule has 120 valence electrons. The van der Waals surface area contributed by atoms with Crippen molar-refractivity contribution in [1.29, 1.82) is 0 Å². The summed E-state index contributed by atoms with van der Waals surface area (Å²) in [6.45, 7) is 6.12. The minimum atomic E-state index is -0.481. The van der Waals surface area contributed by atoms with E-state index in [2.05, 4.69) is 13.8 Å². The number of rotatable bonds is 6. The Morgan fingerprint density at radius 1 is 0.826 bits per heavy atom. The van der Waals surface area contributed by atoms with Crippen LogP contribution in [0.15, 0.2) is 36.4 Å². The van der Waals surface area contributed by atoms with Crippen LogP contribution >= 0.6 is 0 Å². The number of hydrogen-bond donors (Lipinski definition) is 1. The highest BCUT2D eigenvalue weighted by Gasteiger charge is 2.24. The van der Waals surface area contributed by atoms with Gasteiger partial charge in [-0.05, 0) is 42.0 Å². The molecule has 2 rings (SSSR count). The second-order valence-electron chi connectivity index (χ2n) is 5.53. The molecule has 2 N–H and O–H groups in total. The molecule has 0 atom stereocenters. The molecule has 0 bridgehead atoms. The summed E-state index contributed by atoms with van der Waals surface area (Å²) in [4.78, 5) is 25.2. The van der Waals surface area contributed by atoms with Gasteiger partial charge >= 0.3 is 0 Å². The van der Waals surface area contributed by atoms with Crippen molar-refractivity contribution < 1.29 is 9.59 Å². The molecule has 0 aliphatic carbocycles. The van der Waals surface area contributed by atoms with Crippen molar-refractivity contribution in [2.24, 2.45) is 0 Å². The molecule has 0 spiro atoms. The van der Waals surface area contributed by atoms with Gasteiger partial charge in [0.05, 0.1) is 0 Å². The first-order valence-corrected chi connectivity index (χ1v) is 8.12. The Morgan fingerprint density at radius 2 is 1.39 bits per heavy atom. The first kappa shape index (κ1) is 16.9. The second kappa shape index (κ2) is 7.23. The van der Waals surface area contributed by atoms with Crippen molar-refractivity contribution in [2.75, 3.05) is 5.73 Å². The third kappa shape index (κ3) is 3.19. The Morgan fingerprint density at radius 3 is 1.91 bits per heavy atom. The lowest BCUT2D eigenvalue weighted by atomic mass is 9.87. The first-order chi connectivity index (χ1) is 11.0. The van der Waals surface area contributed by atoms with Gasteiger partial charge in [0.1, 0.15) is 0 Å². The summed E-state index contributed by atoms with van der Waals surface area (Å²) in [5, 5.41) is 0. The molecule has 0 aromatic heterocycles. The zero-order valence-electron chi connectivity index (χ0n) is 14.0. The molecule has 0 unspecified atom stereocenters. The summed E-state index contributed by atoms with van der Waals surface area (Å²) in [6.07, 6.45) is 2.33. The minimum absolute atomic E-state index is 0.413. The quantitative estimate of drug-likeness (QED) is 0.498. The number of benzene rings is 2. The lowest BCUT2D eigenvalue weighted by Crippen LogP contribution is -2.18. The van der Waals surface area contributed by atoms with Crippen LogP contribution in [0.2, 0.25) is 0 Å². The van der Waals surface area contributed by atoms with Crippen LogP contribution in [-0.2, 0) is 19.3 Å². The van der Waals surface area contributed by atoms with E-state index in [-0.39, 0.29) is 0 Å². The van der Waals surface area contributed by atoms with Gasteiger partial charge < -0.3 is 5.73 Å². The molecule has 3 heteroatoms. The van der Waals surface area contributed by atoms with Crippen LogP contribution in [0.3, 0.4) is 0 Å². The van der Waals surface area contributed by atoms with E-state index in [4.69, 9.17) is 5.73 Å². The first-order valence-electron chi connectivity index (χ1n) is 8.12. The molecule has 0 aliphatic rings. The summed E-state index contributed by atoms with van der Waals surface area (Å²) in [7, 11) is 0. The van der Waals surface area contributed by atoms with Crippen LogP contribution in [0.1, 0.15) is 58.2 Å². The Kier molecular flexibility index (Phi) is 5.32. The van der Waals surface area contributed by atoms with Gasteiger partial charge in [-0.25, -0.2) is 0 Å².